The van der Waals surface area contributed by atoms with Crippen LogP contribution < -0.4 is 10.6 Å². The molecule has 0 radical (unpaired) electrons. The first kappa shape index (κ1) is 19.7. The summed E-state index contributed by atoms with van der Waals surface area (Å²) in [6, 6.07) is 14.9. The van der Waals surface area contributed by atoms with Crippen molar-refractivity contribution in [2.45, 2.75) is 52.4 Å². The Balaban J connectivity index is 1.96. The number of amides is 2. The van der Waals surface area contributed by atoms with Gasteiger partial charge < -0.3 is 10.6 Å². The first-order valence-corrected chi connectivity index (χ1v) is 9.31. The van der Waals surface area contributed by atoms with Crippen molar-refractivity contribution in [2.75, 3.05) is 10.6 Å². The standard InChI is InChI=1S/C22H28N2O2/c1-4-5-6-10-21(25)23-19-8-7-9-20(15-19)24-22(26)18-13-11-17(12-14-18)16(2)3/h7-9,11-16H,4-6,10H2,1-3H3,(H,23,25)(H,24,26). The fraction of sp³-hybridized carbons (Fsp3) is 0.364. The van der Waals surface area contributed by atoms with Gasteiger partial charge in [-0.1, -0.05) is 51.8 Å². The van der Waals surface area contributed by atoms with Gasteiger partial charge in [-0.15, -0.1) is 0 Å². The van der Waals surface area contributed by atoms with Crippen LogP contribution in [-0.2, 0) is 4.79 Å². The van der Waals surface area contributed by atoms with E-state index in [4.69, 9.17) is 0 Å². The Hall–Kier alpha value is -2.62. The molecule has 0 saturated carbocycles. The lowest BCUT2D eigenvalue weighted by Gasteiger charge is -2.10. The molecule has 0 atom stereocenters. The van der Waals surface area contributed by atoms with Crippen LogP contribution in [0.3, 0.4) is 0 Å². The van der Waals surface area contributed by atoms with Crippen molar-refractivity contribution in [3.8, 4) is 0 Å². The summed E-state index contributed by atoms with van der Waals surface area (Å²) >= 11 is 0. The molecule has 0 saturated heterocycles. The van der Waals surface area contributed by atoms with Gasteiger partial charge in [0.25, 0.3) is 5.91 Å². The Kier molecular flexibility index (Phi) is 7.39. The van der Waals surface area contributed by atoms with Gasteiger partial charge in [0.2, 0.25) is 5.91 Å². The highest BCUT2D eigenvalue weighted by Gasteiger charge is 2.08. The van der Waals surface area contributed by atoms with Crippen LogP contribution in [0.2, 0.25) is 0 Å². The smallest absolute Gasteiger partial charge is 0.255 e. The van der Waals surface area contributed by atoms with Crippen molar-refractivity contribution in [1.29, 1.82) is 0 Å². The van der Waals surface area contributed by atoms with Gasteiger partial charge in [-0.3, -0.25) is 9.59 Å². The van der Waals surface area contributed by atoms with Crippen LogP contribution in [0.5, 0.6) is 0 Å². The monoisotopic (exact) mass is 352 g/mol. The van der Waals surface area contributed by atoms with Gasteiger partial charge in [0.1, 0.15) is 0 Å². The molecule has 2 aromatic rings. The Labute approximate surface area is 156 Å². The molecule has 0 bridgehead atoms. The van der Waals surface area contributed by atoms with E-state index in [2.05, 4.69) is 31.4 Å². The fourth-order valence-electron chi connectivity index (χ4n) is 2.66. The number of anilines is 2. The molecular weight excluding hydrogens is 324 g/mol. The molecule has 4 nitrogen and oxygen atoms in total. The van der Waals surface area contributed by atoms with Crippen LogP contribution in [0, 0.1) is 0 Å². The van der Waals surface area contributed by atoms with Gasteiger partial charge in [-0.25, -0.2) is 0 Å². The number of carbonyl (C=O) groups is 2. The van der Waals surface area contributed by atoms with Crippen LogP contribution in [0.15, 0.2) is 48.5 Å². The van der Waals surface area contributed by atoms with Gasteiger partial charge in [0, 0.05) is 23.4 Å². The van der Waals surface area contributed by atoms with Crippen molar-refractivity contribution >= 4 is 23.2 Å². The van der Waals surface area contributed by atoms with E-state index in [1.54, 1.807) is 6.07 Å². The Morgan fingerprint density at radius 1 is 0.923 bits per heavy atom. The minimum Gasteiger partial charge on any atom is -0.326 e. The van der Waals surface area contributed by atoms with Crippen molar-refractivity contribution < 1.29 is 9.59 Å². The number of benzene rings is 2. The number of nitrogens with one attached hydrogen (secondary N) is 2. The first-order chi connectivity index (χ1) is 12.5. The number of unbranched alkanes of at least 4 members (excludes halogenated alkanes) is 2. The molecular formula is C22H28N2O2. The second-order valence-electron chi connectivity index (χ2n) is 6.82. The van der Waals surface area contributed by atoms with Gasteiger partial charge >= 0.3 is 0 Å². The average molecular weight is 352 g/mol. The van der Waals surface area contributed by atoms with E-state index in [0.717, 1.165) is 19.3 Å². The van der Waals surface area contributed by atoms with Gasteiger partial charge in [-0.2, -0.15) is 0 Å². The van der Waals surface area contributed by atoms with E-state index in [1.165, 1.54) is 5.56 Å². The Morgan fingerprint density at radius 3 is 2.19 bits per heavy atom. The molecule has 0 unspecified atom stereocenters. The van der Waals surface area contributed by atoms with Crippen LogP contribution in [-0.4, -0.2) is 11.8 Å². The average Bonchev–Trinajstić information content (AvgIpc) is 2.62. The molecule has 2 rings (SSSR count). The van der Waals surface area contributed by atoms with Gasteiger partial charge in [0.15, 0.2) is 0 Å². The quantitative estimate of drug-likeness (QED) is 0.609. The summed E-state index contributed by atoms with van der Waals surface area (Å²) in [5, 5.41) is 5.77. The van der Waals surface area contributed by atoms with Crippen molar-refractivity contribution in [3.05, 3.63) is 59.7 Å². The van der Waals surface area contributed by atoms with E-state index >= 15 is 0 Å². The lowest BCUT2D eigenvalue weighted by atomic mass is 10.0. The Morgan fingerprint density at radius 2 is 1.58 bits per heavy atom. The number of hydrogen-bond acceptors (Lipinski definition) is 2. The molecule has 0 spiro atoms. The molecule has 26 heavy (non-hydrogen) atoms. The minimum absolute atomic E-state index is 0.00574. The second kappa shape index (κ2) is 9.76. The van der Waals surface area contributed by atoms with E-state index in [0.29, 0.717) is 29.3 Å². The summed E-state index contributed by atoms with van der Waals surface area (Å²) < 4.78 is 0. The molecule has 4 heteroatoms. The lowest BCUT2D eigenvalue weighted by Crippen LogP contribution is -2.13. The van der Waals surface area contributed by atoms with Crippen molar-refractivity contribution in [3.63, 3.8) is 0 Å². The second-order valence-corrected chi connectivity index (χ2v) is 6.82. The highest BCUT2D eigenvalue weighted by Crippen LogP contribution is 2.18. The summed E-state index contributed by atoms with van der Waals surface area (Å²) in [6.45, 7) is 6.36. The predicted molar refractivity (Wildman–Crippen MR) is 108 cm³/mol. The molecule has 2 aromatic carbocycles. The van der Waals surface area contributed by atoms with Crippen molar-refractivity contribution in [2.24, 2.45) is 0 Å². The van der Waals surface area contributed by atoms with Gasteiger partial charge in [-0.05, 0) is 48.2 Å². The predicted octanol–water partition coefficient (Wildman–Crippen LogP) is 5.58. The molecule has 0 aliphatic carbocycles. The largest absolute Gasteiger partial charge is 0.326 e. The molecule has 0 aliphatic rings. The molecule has 0 aromatic heterocycles. The van der Waals surface area contributed by atoms with Crippen molar-refractivity contribution in [1.82, 2.24) is 0 Å². The Bertz CT molecular complexity index is 736. The molecule has 2 amide bonds. The zero-order valence-corrected chi connectivity index (χ0v) is 15.8. The van der Waals surface area contributed by atoms with Gasteiger partial charge in [0.05, 0.1) is 0 Å². The van der Waals surface area contributed by atoms with Crippen LogP contribution in [0.4, 0.5) is 11.4 Å². The number of hydrogen-bond donors (Lipinski definition) is 2. The van der Waals surface area contributed by atoms with E-state index < -0.39 is 0 Å². The van der Waals surface area contributed by atoms with Crippen LogP contribution in [0.1, 0.15) is 68.3 Å². The summed E-state index contributed by atoms with van der Waals surface area (Å²) in [4.78, 5) is 24.3. The summed E-state index contributed by atoms with van der Waals surface area (Å²) in [5.74, 6) is 0.280. The SMILES string of the molecule is CCCCCC(=O)Nc1cccc(NC(=O)c2ccc(C(C)C)cc2)c1. The highest BCUT2D eigenvalue weighted by molar-refractivity contribution is 6.04. The molecule has 2 N–H and O–H groups in total. The molecule has 0 fully saturated rings. The number of carbonyl (C=O) groups excluding carboxylic acids is 2. The minimum atomic E-state index is -0.160. The third kappa shape index (κ3) is 6.03. The normalized spacial score (nSPS) is 10.6. The zero-order chi connectivity index (χ0) is 18.9. The van der Waals surface area contributed by atoms with E-state index in [9.17, 15) is 9.59 Å². The third-order valence-corrected chi connectivity index (χ3v) is 4.25. The molecule has 0 heterocycles. The fourth-order valence-corrected chi connectivity index (χ4v) is 2.66. The number of rotatable bonds is 8. The zero-order valence-electron chi connectivity index (χ0n) is 15.8. The summed E-state index contributed by atoms with van der Waals surface area (Å²) in [7, 11) is 0. The third-order valence-electron chi connectivity index (χ3n) is 4.25. The maximum Gasteiger partial charge on any atom is 0.255 e. The van der Waals surface area contributed by atoms with Crippen LogP contribution in [0.25, 0.3) is 0 Å². The summed E-state index contributed by atoms with van der Waals surface area (Å²) in [6.07, 6.45) is 3.56. The highest BCUT2D eigenvalue weighted by atomic mass is 16.2. The molecule has 0 aliphatic heterocycles. The lowest BCUT2D eigenvalue weighted by molar-refractivity contribution is -0.116. The maximum absolute atomic E-state index is 12.4. The van der Waals surface area contributed by atoms with Crippen LogP contribution >= 0.6 is 0 Å². The molecule has 138 valence electrons. The van der Waals surface area contributed by atoms with E-state index in [-0.39, 0.29) is 11.8 Å². The maximum atomic E-state index is 12.4. The summed E-state index contributed by atoms with van der Waals surface area (Å²) in [5.41, 5.74) is 3.17. The topological polar surface area (TPSA) is 58.2 Å². The first-order valence-electron chi connectivity index (χ1n) is 9.31. The van der Waals surface area contributed by atoms with E-state index in [1.807, 2.05) is 42.5 Å².